The van der Waals surface area contributed by atoms with Crippen LogP contribution in [0.2, 0.25) is 0 Å². The molecule has 0 saturated heterocycles. The van der Waals surface area contributed by atoms with Gasteiger partial charge in [0.2, 0.25) is 0 Å². The molecule has 4 nitrogen and oxygen atoms in total. The van der Waals surface area contributed by atoms with E-state index in [1.807, 2.05) is 55.5 Å². The highest BCUT2D eigenvalue weighted by Gasteiger charge is 2.17. The van der Waals surface area contributed by atoms with Gasteiger partial charge in [-0.05, 0) is 60.9 Å². The third-order valence-corrected chi connectivity index (χ3v) is 7.06. The topological polar surface area (TPSA) is 54.9 Å². The van der Waals surface area contributed by atoms with E-state index in [4.69, 9.17) is 0 Å². The van der Waals surface area contributed by atoms with Crippen LogP contribution in [0.25, 0.3) is 0 Å². The minimum atomic E-state index is -0.287. The van der Waals surface area contributed by atoms with E-state index in [9.17, 15) is 9.18 Å². The Morgan fingerprint density at radius 1 is 0.941 bits per heavy atom. The van der Waals surface area contributed by atoms with E-state index in [-0.39, 0.29) is 11.7 Å². The summed E-state index contributed by atoms with van der Waals surface area (Å²) in [6, 6.07) is 22.2. The Labute approximate surface area is 207 Å². The molecule has 1 amide bonds. The monoisotopic (exact) mass is 489 g/mol. The molecule has 1 N–H and O–H groups in total. The van der Waals surface area contributed by atoms with Crippen LogP contribution >= 0.6 is 23.5 Å². The summed E-state index contributed by atoms with van der Waals surface area (Å²) in [5.74, 6) is 0.0166. The lowest BCUT2D eigenvalue weighted by Crippen LogP contribution is -2.16. The summed E-state index contributed by atoms with van der Waals surface area (Å²) in [5.41, 5.74) is 4.36. The van der Waals surface area contributed by atoms with Gasteiger partial charge in [-0.3, -0.25) is 4.79 Å². The highest BCUT2D eigenvalue weighted by Crippen LogP contribution is 2.31. The minimum Gasteiger partial charge on any atom is -0.321 e. The number of halogens is 1. The molecule has 1 aromatic heterocycles. The van der Waals surface area contributed by atoms with E-state index in [1.54, 1.807) is 18.3 Å². The molecule has 3 aromatic carbocycles. The highest BCUT2D eigenvalue weighted by molar-refractivity contribution is 7.99. The highest BCUT2D eigenvalue weighted by atomic mass is 32.2. The lowest BCUT2D eigenvalue weighted by molar-refractivity contribution is 0.101. The standard InChI is InChI=1S/C27H24FN3OS2/c1-3-19-8-12-22(13-9-19)30-26(32)25-24(34-23-14-4-18(2)5-15-23)16-29-27(31-25)33-17-20-6-10-21(28)11-7-20/h4-16H,3,17H2,1-2H3,(H,30,32). The molecule has 1 heterocycles. The number of aromatic nitrogens is 2. The summed E-state index contributed by atoms with van der Waals surface area (Å²) in [5, 5.41) is 3.45. The van der Waals surface area contributed by atoms with Crippen LogP contribution in [0.4, 0.5) is 10.1 Å². The van der Waals surface area contributed by atoms with Crippen LogP contribution in [0.5, 0.6) is 0 Å². The van der Waals surface area contributed by atoms with Crippen molar-refractivity contribution >= 4 is 35.1 Å². The second kappa shape index (κ2) is 11.3. The molecule has 0 fully saturated rings. The number of rotatable bonds is 8. The number of amides is 1. The Morgan fingerprint density at radius 3 is 2.29 bits per heavy atom. The van der Waals surface area contributed by atoms with Crippen molar-refractivity contribution < 1.29 is 9.18 Å². The first-order valence-corrected chi connectivity index (χ1v) is 12.7. The molecule has 4 aromatic rings. The van der Waals surface area contributed by atoms with Crippen LogP contribution in [0.1, 0.15) is 34.1 Å². The summed E-state index contributed by atoms with van der Waals surface area (Å²) in [6.07, 6.45) is 2.63. The van der Waals surface area contributed by atoms with Gasteiger partial charge in [-0.25, -0.2) is 14.4 Å². The zero-order valence-corrected chi connectivity index (χ0v) is 20.5. The molecule has 0 spiro atoms. The van der Waals surface area contributed by atoms with Crippen LogP contribution in [-0.4, -0.2) is 15.9 Å². The number of benzene rings is 3. The van der Waals surface area contributed by atoms with Gasteiger partial charge in [0, 0.05) is 22.5 Å². The molecular formula is C27H24FN3OS2. The van der Waals surface area contributed by atoms with E-state index in [2.05, 4.69) is 22.2 Å². The molecule has 0 radical (unpaired) electrons. The maximum atomic E-state index is 13.2. The van der Waals surface area contributed by atoms with Crippen LogP contribution in [0, 0.1) is 12.7 Å². The van der Waals surface area contributed by atoms with E-state index in [0.717, 1.165) is 16.9 Å². The van der Waals surface area contributed by atoms with Gasteiger partial charge < -0.3 is 5.32 Å². The first-order valence-electron chi connectivity index (χ1n) is 10.9. The molecule has 0 atom stereocenters. The van der Waals surface area contributed by atoms with Crippen molar-refractivity contribution in [2.24, 2.45) is 0 Å². The average Bonchev–Trinajstić information content (AvgIpc) is 2.86. The van der Waals surface area contributed by atoms with Gasteiger partial charge >= 0.3 is 0 Å². The van der Waals surface area contributed by atoms with Crippen molar-refractivity contribution in [2.75, 3.05) is 5.32 Å². The third kappa shape index (κ3) is 6.46. The molecule has 0 bridgehead atoms. The van der Waals surface area contributed by atoms with Crippen molar-refractivity contribution in [3.63, 3.8) is 0 Å². The second-order valence-electron chi connectivity index (χ2n) is 7.70. The van der Waals surface area contributed by atoms with E-state index in [1.165, 1.54) is 46.8 Å². The molecule has 172 valence electrons. The van der Waals surface area contributed by atoms with Crippen molar-refractivity contribution in [3.05, 3.63) is 107 Å². The Hall–Kier alpha value is -3.16. The van der Waals surface area contributed by atoms with Crippen molar-refractivity contribution in [1.29, 1.82) is 0 Å². The van der Waals surface area contributed by atoms with Crippen molar-refractivity contribution in [1.82, 2.24) is 9.97 Å². The zero-order chi connectivity index (χ0) is 23.9. The van der Waals surface area contributed by atoms with Gasteiger partial charge in [-0.2, -0.15) is 0 Å². The van der Waals surface area contributed by atoms with Gasteiger partial charge in [0.05, 0.1) is 4.90 Å². The Bertz CT molecular complexity index is 1260. The fourth-order valence-corrected chi connectivity index (χ4v) is 4.78. The molecule has 0 aliphatic heterocycles. The SMILES string of the molecule is CCc1ccc(NC(=O)c2nc(SCc3ccc(F)cc3)ncc2Sc2ccc(C)cc2)cc1. The number of nitrogens with zero attached hydrogens (tertiary/aromatic N) is 2. The number of nitrogens with one attached hydrogen (secondary N) is 1. The smallest absolute Gasteiger partial charge is 0.275 e. The van der Waals surface area contributed by atoms with Gasteiger partial charge in [0.25, 0.3) is 5.91 Å². The lowest BCUT2D eigenvalue weighted by atomic mass is 10.1. The quantitative estimate of drug-likeness (QED) is 0.210. The normalized spacial score (nSPS) is 10.8. The molecule has 4 rings (SSSR count). The predicted octanol–water partition coefficient (Wildman–Crippen LogP) is 7.18. The molecule has 0 aliphatic rings. The Morgan fingerprint density at radius 2 is 1.62 bits per heavy atom. The van der Waals surface area contributed by atoms with Gasteiger partial charge in [0.1, 0.15) is 11.5 Å². The summed E-state index contributed by atoms with van der Waals surface area (Å²) in [6.45, 7) is 4.13. The first kappa shape index (κ1) is 24.0. The Kier molecular flexibility index (Phi) is 7.98. The fraction of sp³-hybridized carbons (Fsp3) is 0.148. The fourth-order valence-electron chi connectivity index (χ4n) is 3.14. The molecular weight excluding hydrogens is 465 g/mol. The minimum absolute atomic E-state index is 0.270. The number of aryl methyl sites for hydroxylation is 2. The largest absolute Gasteiger partial charge is 0.321 e. The third-order valence-electron chi connectivity index (χ3n) is 5.10. The number of thioether (sulfide) groups is 1. The van der Waals surface area contributed by atoms with Crippen LogP contribution < -0.4 is 5.32 Å². The molecule has 34 heavy (non-hydrogen) atoms. The van der Waals surface area contributed by atoms with Crippen LogP contribution in [-0.2, 0) is 12.2 Å². The van der Waals surface area contributed by atoms with E-state index >= 15 is 0 Å². The van der Waals surface area contributed by atoms with Crippen molar-refractivity contribution in [3.8, 4) is 0 Å². The molecule has 0 unspecified atom stereocenters. The lowest BCUT2D eigenvalue weighted by Gasteiger charge is -2.11. The summed E-state index contributed by atoms with van der Waals surface area (Å²) >= 11 is 2.86. The van der Waals surface area contributed by atoms with Crippen LogP contribution in [0.15, 0.2) is 93.9 Å². The number of carbonyl (C=O) groups excluding carboxylic acids is 1. The van der Waals surface area contributed by atoms with E-state index in [0.29, 0.717) is 27.2 Å². The van der Waals surface area contributed by atoms with E-state index < -0.39 is 0 Å². The maximum Gasteiger partial charge on any atom is 0.275 e. The molecule has 7 heteroatoms. The molecule has 0 saturated carbocycles. The van der Waals surface area contributed by atoms with Gasteiger partial charge in [-0.1, -0.05) is 72.4 Å². The van der Waals surface area contributed by atoms with Gasteiger partial charge in [0.15, 0.2) is 5.16 Å². The predicted molar refractivity (Wildman–Crippen MR) is 137 cm³/mol. The zero-order valence-electron chi connectivity index (χ0n) is 18.9. The van der Waals surface area contributed by atoms with Crippen LogP contribution in [0.3, 0.4) is 0 Å². The molecule has 0 aliphatic carbocycles. The summed E-state index contributed by atoms with van der Waals surface area (Å²) in [7, 11) is 0. The second-order valence-corrected chi connectivity index (χ2v) is 9.76. The Balaban J connectivity index is 1.58. The number of hydrogen-bond acceptors (Lipinski definition) is 5. The maximum absolute atomic E-state index is 13.2. The average molecular weight is 490 g/mol. The first-order chi connectivity index (χ1) is 16.5. The number of carbonyl (C=O) groups is 1. The number of hydrogen-bond donors (Lipinski definition) is 1. The van der Waals surface area contributed by atoms with Crippen molar-refractivity contribution in [2.45, 2.75) is 41.0 Å². The van der Waals surface area contributed by atoms with Gasteiger partial charge in [-0.15, -0.1) is 0 Å². The number of anilines is 1. The summed E-state index contributed by atoms with van der Waals surface area (Å²) < 4.78 is 13.2. The summed E-state index contributed by atoms with van der Waals surface area (Å²) in [4.78, 5) is 24.0.